The highest BCUT2D eigenvalue weighted by Gasteiger charge is 2.32. The van der Waals surface area contributed by atoms with Gasteiger partial charge in [0.25, 0.3) is 0 Å². The van der Waals surface area contributed by atoms with E-state index in [1.807, 2.05) is 41.3 Å². The summed E-state index contributed by atoms with van der Waals surface area (Å²) in [6.07, 6.45) is 2.88. The fourth-order valence-corrected chi connectivity index (χ4v) is 3.29. The van der Waals surface area contributed by atoms with Crippen LogP contribution in [-0.2, 0) is 17.8 Å². The Morgan fingerprint density at radius 3 is 2.55 bits per heavy atom. The SMILES string of the molecule is COc1ccc(CN(C(=O)CCc2nc(-c3ccc(Cl)cc3)no2)C2CC2)cc1. The topological polar surface area (TPSA) is 68.5 Å². The van der Waals surface area contributed by atoms with Crippen molar-refractivity contribution in [3.63, 3.8) is 0 Å². The molecule has 4 rings (SSSR count). The highest BCUT2D eigenvalue weighted by Crippen LogP contribution is 2.29. The standard InChI is InChI=1S/C22H22ClN3O3/c1-28-19-10-2-15(3-11-19)14-26(18-8-9-18)21(27)13-12-20-24-22(25-29-20)16-4-6-17(23)7-5-16/h2-7,10-11,18H,8-9,12-14H2,1H3. The zero-order valence-corrected chi connectivity index (χ0v) is 16.9. The average Bonchev–Trinajstić information content (AvgIpc) is 3.48. The zero-order chi connectivity index (χ0) is 20.2. The molecule has 1 aromatic heterocycles. The smallest absolute Gasteiger partial charge is 0.227 e. The van der Waals surface area contributed by atoms with Crippen LogP contribution in [0.1, 0.15) is 30.7 Å². The number of methoxy groups -OCH3 is 1. The third-order valence-corrected chi connectivity index (χ3v) is 5.20. The average molecular weight is 412 g/mol. The summed E-state index contributed by atoms with van der Waals surface area (Å²) < 4.78 is 10.5. The molecule has 150 valence electrons. The first-order valence-electron chi connectivity index (χ1n) is 9.63. The number of aromatic nitrogens is 2. The molecule has 0 N–H and O–H groups in total. The van der Waals surface area contributed by atoms with Crippen LogP contribution < -0.4 is 4.74 Å². The van der Waals surface area contributed by atoms with Crippen molar-refractivity contribution in [1.29, 1.82) is 0 Å². The molecule has 29 heavy (non-hydrogen) atoms. The molecule has 1 amide bonds. The Hall–Kier alpha value is -2.86. The predicted molar refractivity (Wildman–Crippen MR) is 110 cm³/mol. The van der Waals surface area contributed by atoms with Gasteiger partial charge in [-0.15, -0.1) is 0 Å². The van der Waals surface area contributed by atoms with Crippen LogP contribution in [0.3, 0.4) is 0 Å². The van der Waals surface area contributed by atoms with Crippen molar-refractivity contribution in [3.8, 4) is 17.1 Å². The van der Waals surface area contributed by atoms with Crippen LogP contribution in [-0.4, -0.2) is 34.1 Å². The van der Waals surface area contributed by atoms with Crippen LogP contribution in [0.25, 0.3) is 11.4 Å². The van der Waals surface area contributed by atoms with Crippen LogP contribution in [0.2, 0.25) is 5.02 Å². The molecule has 3 aromatic rings. The molecule has 7 heteroatoms. The van der Waals surface area contributed by atoms with Crippen LogP contribution in [0.4, 0.5) is 0 Å². The monoisotopic (exact) mass is 411 g/mol. The van der Waals surface area contributed by atoms with Gasteiger partial charge in [-0.25, -0.2) is 0 Å². The van der Waals surface area contributed by atoms with Crippen molar-refractivity contribution in [2.24, 2.45) is 0 Å². The second-order valence-corrected chi connectivity index (χ2v) is 7.56. The first-order valence-corrected chi connectivity index (χ1v) is 10.0. The van der Waals surface area contributed by atoms with Gasteiger partial charge in [-0.2, -0.15) is 4.98 Å². The molecule has 6 nitrogen and oxygen atoms in total. The first-order chi connectivity index (χ1) is 14.1. The summed E-state index contributed by atoms with van der Waals surface area (Å²) in [5.41, 5.74) is 1.92. The number of aryl methyl sites for hydroxylation is 1. The van der Waals surface area contributed by atoms with Crippen LogP contribution in [0.5, 0.6) is 5.75 Å². The molecule has 2 aromatic carbocycles. The van der Waals surface area contributed by atoms with Crippen molar-refractivity contribution in [3.05, 3.63) is 65.0 Å². The van der Waals surface area contributed by atoms with Gasteiger partial charge in [0.2, 0.25) is 17.6 Å². The Kier molecular flexibility index (Phi) is 5.81. The largest absolute Gasteiger partial charge is 0.497 e. The van der Waals surface area contributed by atoms with Gasteiger partial charge in [0.15, 0.2) is 0 Å². The molecule has 1 fully saturated rings. The van der Waals surface area contributed by atoms with Crippen molar-refractivity contribution in [1.82, 2.24) is 15.0 Å². The Morgan fingerprint density at radius 1 is 1.17 bits per heavy atom. The number of ether oxygens (including phenoxy) is 1. The number of halogens is 1. The third kappa shape index (κ3) is 4.95. The summed E-state index contributed by atoms with van der Waals surface area (Å²) in [5.74, 6) is 1.88. The van der Waals surface area contributed by atoms with Crippen LogP contribution in [0, 0.1) is 0 Å². The molecule has 0 spiro atoms. The number of carbonyl (C=O) groups excluding carboxylic acids is 1. The normalized spacial score (nSPS) is 13.3. The van der Waals surface area contributed by atoms with Crippen molar-refractivity contribution in [2.45, 2.75) is 38.3 Å². The molecule has 0 saturated heterocycles. The predicted octanol–water partition coefficient (Wildman–Crippen LogP) is 4.52. The Bertz CT molecular complexity index is 966. The minimum absolute atomic E-state index is 0.106. The van der Waals surface area contributed by atoms with E-state index in [0.29, 0.717) is 42.2 Å². The van der Waals surface area contributed by atoms with E-state index in [4.69, 9.17) is 20.9 Å². The lowest BCUT2D eigenvalue weighted by Gasteiger charge is -2.22. The number of carbonyl (C=O) groups is 1. The van der Waals surface area contributed by atoms with E-state index >= 15 is 0 Å². The molecular weight excluding hydrogens is 390 g/mol. The van der Waals surface area contributed by atoms with E-state index in [9.17, 15) is 4.79 Å². The second-order valence-electron chi connectivity index (χ2n) is 7.12. The van der Waals surface area contributed by atoms with E-state index in [1.165, 1.54) is 0 Å². The Morgan fingerprint density at radius 2 is 1.90 bits per heavy atom. The number of nitrogens with zero attached hydrogens (tertiary/aromatic N) is 3. The van der Waals surface area contributed by atoms with Gasteiger partial charge in [0.05, 0.1) is 7.11 Å². The molecule has 1 saturated carbocycles. The van der Waals surface area contributed by atoms with Crippen LogP contribution in [0.15, 0.2) is 53.1 Å². The van der Waals surface area contributed by atoms with Gasteiger partial charge in [0.1, 0.15) is 5.75 Å². The highest BCUT2D eigenvalue weighted by atomic mass is 35.5. The fraction of sp³-hybridized carbons (Fsp3) is 0.318. The fourth-order valence-electron chi connectivity index (χ4n) is 3.16. The summed E-state index contributed by atoms with van der Waals surface area (Å²) in [4.78, 5) is 19.2. The number of benzene rings is 2. The van der Waals surface area contributed by atoms with E-state index in [-0.39, 0.29) is 5.91 Å². The van der Waals surface area contributed by atoms with Gasteiger partial charge < -0.3 is 14.2 Å². The van der Waals surface area contributed by atoms with Gasteiger partial charge in [-0.1, -0.05) is 28.9 Å². The van der Waals surface area contributed by atoms with E-state index in [1.54, 1.807) is 19.2 Å². The van der Waals surface area contributed by atoms with Gasteiger partial charge in [-0.05, 0) is 54.8 Å². The zero-order valence-electron chi connectivity index (χ0n) is 16.2. The van der Waals surface area contributed by atoms with Crippen molar-refractivity contribution < 1.29 is 14.1 Å². The Labute approximate surface area is 174 Å². The Balaban J connectivity index is 1.36. The van der Waals surface area contributed by atoms with E-state index < -0.39 is 0 Å². The quantitative estimate of drug-likeness (QED) is 0.545. The highest BCUT2D eigenvalue weighted by molar-refractivity contribution is 6.30. The lowest BCUT2D eigenvalue weighted by Crippen LogP contribution is -2.32. The van der Waals surface area contributed by atoms with Crippen LogP contribution >= 0.6 is 11.6 Å². The number of amides is 1. The maximum Gasteiger partial charge on any atom is 0.227 e. The van der Waals surface area contributed by atoms with Gasteiger partial charge in [0, 0.05) is 36.0 Å². The summed E-state index contributed by atoms with van der Waals surface area (Å²) in [5, 5.41) is 4.66. The minimum Gasteiger partial charge on any atom is -0.497 e. The summed E-state index contributed by atoms with van der Waals surface area (Å²) in [6, 6.07) is 15.4. The van der Waals surface area contributed by atoms with Crippen molar-refractivity contribution >= 4 is 17.5 Å². The molecule has 0 atom stereocenters. The molecule has 1 aliphatic carbocycles. The third-order valence-electron chi connectivity index (χ3n) is 4.94. The maximum absolute atomic E-state index is 12.8. The number of hydrogen-bond donors (Lipinski definition) is 0. The first kappa shape index (κ1) is 19.5. The summed E-state index contributed by atoms with van der Waals surface area (Å²) in [7, 11) is 1.64. The number of hydrogen-bond acceptors (Lipinski definition) is 5. The number of rotatable bonds is 8. The molecule has 1 heterocycles. The van der Waals surface area contributed by atoms with E-state index in [2.05, 4.69) is 10.1 Å². The van der Waals surface area contributed by atoms with Gasteiger partial charge in [-0.3, -0.25) is 4.79 Å². The lowest BCUT2D eigenvalue weighted by molar-refractivity contribution is -0.132. The maximum atomic E-state index is 12.8. The summed E-state index contributed by atoms with van der Waals surface area (Å²) in [6.45, 7) is 0.605. The minimum atomic E-state index is 0.106. The molecule has 0 radical (unpaired) electrons. The van der Waals surface area contributed by atoms with Crippen molar-refractivity contribution in [2.75, 3.05) is 7.11 Å². The molecule has 0 unspecified atom stereocenters. The molecular formula is C22H22ClN3O3. The summed E-state index contributed by atoms with van der Waals surface area (Å²) >= 11 is 5.91. The second kappa shape index (κ2) is 8.66. The van der Waals surface area contributed by atoms with E-state index in [0.717, 1.165) is 29.7 Å². The molecule has 0 aliphatic heterocycles. The molecule has 0 bridgehead atoms. The molecule has 1 aliphatic rings. The lowest BCUT2D eigenvalue weighted by atomic mass is 10.2. The van der Waals surface area contributed by atoms with Gasteiger partial charge >= 0.3 is 0 Å².